The van der Waals surface area contributed by atoms with Crippen molar-refractivity contribution in [2.75, 3.05) is 62.5 Å². The van der Waals surface area contributed by atoms with E-state index >= 15 is 0 Å². The first-order chi connectivity index (χ1) is 14.5. The monoisotopic (exact) mass is 468 g/mol. The average molecular weight is 469 g/mol. The molecule has 0 N–H and O–H groups in total. The highest BCUT2D eigenvalue weighted by molar-refractivity contribution is 6.70. The summed E-state index contributed by atoms with van der Waals surface area (Å²) in [6.07, 6.45) is 6.92. The number of rotatable bonds is 14. The molecule has 30 heavy (non-hydrogen) atoms. The van der Waals surface area contributed by atoms with Crippen LogP contribution in [-0.2, 0) is 36.3 Å². The SMILES string of the molecule is CCCC1(OC)CCCC[Si]1(OC)OC.CO[Si](CCCOCC1CO1)(OC)OC. The van der Waals surface area contributed by atoms with Gasteiger partial charge in [-0.1, -0.05) is 26.2 Å². The molecule has 2 saturated heterocycles. The summed E-state index contributed by atoms with van der Waals surface area (Å²) in [6, 6.07) is 1.84. The molecule has 2 aliphatic heterocycles. The Morgan fingerprint density at radius 2 is 1.63 bits per heavy atom. The zero-order valence-corrected chi connectivity index (χ0v) is 22.1. The van der Waals surface area contributed by atoms with Crippen molar-refractivity contribution in [2.45, 2.75) is 68.9 Å². The predicted molar refractivity (Wildman–Crippen MR) is 120 cm³/mol. The third-order valence-corrected chi connectivity index (χ3v) is 13.4. The summed E-state index contributed by atoms with van der Waals surface area (Å²) in [5.41, 5.74) is 0. The van der Waals surface area contributed by atoms with Gasteiger partial charge < -0.3 is 36.3 Å². The Hall–Kier alpha value is 0.114. The Bertz CT molecular complexity index is 432. The fourth-order valence-electron chi connectivity index (χ4n) is 4.25. The van der Waals surface area contributed by atoms with Crippen molar-refractivity contribution in [3.8, 4) is 0 Å². The zero-order chi connectivity index (χ0) is 22.5. The molecule has 180 valence electrons. The lowest BCUT2D eigenvalue weighted by Gasteiger charge is -2.47. The van der Waals surface area contributed by atoms with E-state index in [0.717, 1.165) is 44.4 Å². The molecule has 0 aromatic heterocycles. The predicted octanol–water partition coefficient (Wildman–Crippen LogP) is 3.30. The first kappa shape index (κ1) is 28.1. The summed E-state index contributed by atoms with van der Waals surface area (Å²) < 4.78 is 43.7. The molecule has 0 aromatic rings. The van der Waals surface area contributed by atoms with Gasteiger partial charge in [0.1, 0.15) is 11.3 Å². The number of ether oxygens (including phenoxy) is 3. The minimum absolute atomic E-state index is 0.122. The van der Waals surface area contributed by atoms with Gasteiger partial charge in [-0.25, -0.2) is 0 Å². The number of hydrogen-bond acceptors (Lipinski definition) is 8. The van der Waals surface area contributed by atoms with E-state index in [1.807, 2.05) is 0 Å². The molecule has 2 rings (SSSR count). The largest absolute Gasteiger partial charge is 0.500 e. The molecular formula is C20H44O8Si2. The molecule has 0 aliphatic carbocycles. The summed E-state index contributed by atoms with van der Waals surface area (Å²) in [5.74, 6) is 0. The molecule has 2 heterocycles. The van der Waals surface area contributed by atoms with E-state index < -0.39 is 17.4 Å². The van der Waals surface area contributed by atoms with E-state index in [9.17, 15) is 0 Å². The van der Waals surface area contributed by atoms with E-state index in [0.29, 0.717) is 19.3 Å². The minimum Gasteiger partial charge on any atom is -0.396 e. The standard InChI is InChI=1S/C11H24O3Si.C9H20O5Si/c1-5-8-11(12-2)9-6-7-10-15(11,13-3)14-4;1-10-15(11-2,12-3)6-4-5-13-7-9-8-14-9/h5-10H2,1-4H3;9H,4-8H2,1-3H3. The van der Waals surface area contributed by atoms with E-state index in [-0.39, 0.29) is 5.22 Å². The van der Waals surface area contributed by atoms with Crippen LogP contribution >= 0.6 is 0 Å². The lowest BCUT2D eigenvalue weighted by molar-refractivity contribution is -0.0149. The van der Waals surface area contributed by atoms with Gasteiger partial charge in [-0.3, -0.25) is 0 Å². The van der Waals surface area contributed by atoms with Crippen molar-refractivity contribution < 1.29 is 36.3 Å². The molecule has 2 atom stereocenters. The quantitative estimate of drug-likeness (QED) is 0.218. The van der Waals surface area contributed by atoms with Crippen molar-refractivity contribution in [3.05, 3.63) is 0 Å². The Morgan fingerprint density at radius 1 is 1.00 bits per heavy atom. The second-order valence-corrected chi connectivity index (χ2v) is 14.6. The van der Waals surface area contributed by atoms with Gasteiger partial charge in [0, 0.05) is 55.3 Å². The summed E-state index contributed by atoms with van der Waals surface area (Å²) >= 11 is 0. The number of methoxy groups -OCH3 is 1. The maximum atomic E-state index is 5.83. The van der Waals surface area contributed by atoms with Gasteiger partial charge in [-0.2, -0.15) is 0 Å². The van der Waals surface area contributed by atoms with Crippen molar-refractivity contribution in [3.63, 3.8) is 0 Å². The highest BCUT2D eigenvalue weighted by Gasteiger charge is 2.58. The number of epoxide rings is 1. The van der Waals surface area contributed by atoms with Gasteiger partial charge in [0.25, 0.3) is 0 Å². The van der Waals surface area contributed by atoms with Crippen LogP contribution < -0.4 is 0 Å². The third kappa shape index (κ3) is 7.61. The van der Waals surface area contributed by atoms with Crippen molar-refractivity contribution in [1.82, 2.24) is 0 Å². The summed E-state index contributed by atoms with van der Waals surface area (Å²) in [6.45, 7) is 4.43. The second kappa shape index (κ2) is 14.3. The Kier molecular flexibility index (Phi) is 13.4. The fraction of sp³-hybridized carbons (Fsp3) is 1.00. The molecule has 0 saturated carbocycles. The molecule has 0 radical (unpaired) electrons. The van der Waals surface area contributed by atoms with E-state index in [1.165, 1.54) is 12.8 Å². The van der Waals surface area contributed by atoms with Crippen molar-refractivity contribution in [1.29, 1.82) is 0 Å². The Labute approximate surface area is 185 Å². The third-order valence-electron chi connectivity index (χ3n) is 6.15. The first-order valence-corrected chi connectivity index (χ1v) is 14.9. The number of hydrogen-bond donors (Lipinski definition) is 0. The van der Waals surface area contributed by atoms with Gasteiger partial charge in [0.2, 0.25) is 0 Å². The van der Waals surface area contributed by atoms with Crippen LogP contribution in [0.3, 0.4) is 0 Å². The Morgan fingerprint density at radius 3 is 2.10 bits per heavy atom. The molecule has 0 bridgehead atoms. The van der Waals surface area contributed by atoms with Gasteiger partial charge in [-0.05, 0) is 25.3 Å². The second-order valence-electron chi connectivity index (χ2n) is 7.75. The molecule has 2 unspecified atom stereocenters. The van der Waals surface area contributed by atoms with Gasteiger partial charge in [0.15, 0.2) is 0 Å². The highest BCUT2D eigenvalue weighted by Crippen LogP contribution is 2.42. The summed E-state index contributed by atoms with van der Waals surface area (Å²) in [5, 5.41) is -0.122. The molecule has 0 aromatic carbocycles. The smallest absolute Gasteiger partial charge is 0.396 e. The van der Waals surface area contributed by atoms with Crippen LogP contribution in [0.2, 0.25) is 12.1 Å². The molecule has 10 heteroatoms. The van der Waals surface area contributed by atoms with Crippen LogP contribution in [0.4, 0.5) is 0 Å². The molecule has 2 fully saturated rings. The maximum Gasteiger partial charge on any atom is 0.500 e. The minimum atomic E-state index is -2.39. The van der Waals surface area contributed by atoms with Gasteiger partial charge in [0.05, 0.1) is 13.2 Å². The van der Waals surface area contributed by atoms with E-state index in [1.54, 1.807) is 42.7 Å². The van der Waals surface area contributed by atoms with Crippen molar-refractivity contribution >= 4 is 17.4 Å². The van der Waals surface area contributed by atoms with E-state index in [4.69, 9.17) is 36.3 Å². The van der Waals surface area contributed by atoms with Crippen LogP contribution in [0.15, 0.2) is 0 Å². The summed E-state index contributed by atoms with van der Waals surface area (Å²) in [7, 11) is 5.70. The normalized spacial score (nSPS) is 25.5. The zero-order valence-electron chi connectivity index (χ0n) is 20.1. The molecular weight excluding hydrogens is 424 g/mol. The van der Waals surface area contributed by atoms with Gasteiger partial charge >= 0.3 is 17.4 Å². The highest BCUT2D eigenvalue weighted by atomic mass is 28.4. The van der Waals surface area contributed by atoms with Crippen LogP contribution in [0.25, 0.3) is 0 Å². The van der Waals surface area contributed by atoms with Crippen LogP contribution in [0.1, 0.15) is 45.4 Å². The molecule has 0 spiro atoms. The first-order valence-electron chi connectivity index (χ1n) is 11.0. The molecule has 0 amide bonds. The van der Waals surface area contributed by atoms with Crippen molar-refractivity contribution in [2.24, 2.45) is 0 Å². The van der Waals surface area contributed by atoms with Crippen LogP contribution in [0.5, 0.6) is 0 Å². The fourth-order valence-corrected chi connectivity index (χ4v) is 9.93. The Balaban J connectivity index is 0.000000300. The maximum absolute atomic E-state index is 5.83. The van der Waals surface area contributed by atoms with E-state index in [2.05, 4.69) is 6.92 Å². The van der Waals surface area contributed by atoms with Gasteiger partial charge in [-0.15, -0.1) is 0 Å². The van der Waals surface area contributed by atoms with Crippen LogP contribution in [0, 0.1) is 0 Å². The lowest BCUT2D eigenvalue weighted by Crippen LogP contribution is -2.64. The summed E-state index contributed by atoms with van der Waals surface area (Å²) in [4.78, 5) is 0. The molecule has 8 nitrogen and oxygen atoms in total. The van der Waals surface area contributed by atoms with Crippen LogP contribution in [-0.4, -0.2) is 91.2 Å². The molecule has 2 aliphatic rings. The topological polar surface area (TPSA) is 77.1 Å². The lowest BCUT2D eigenvalue weighted by atomic mass is 10.1. The average Bonchev–Trinajstić information content (AvgIpc) is 3.62.